The number of hydrogen-bond acceptors (Lipinski definition) is 3. The van der Waals surface area contributed by atoms with Crippen LogP contribution >= 0.6 is 0 Å². The summed E-state index contributed by atoms with van der Waals surface area (Å²) in [5, 5.41) is 17.9. The molecule has 4 nitrogen and oxygen atoms in total. The van der Waals surface area contributed by atoms with Gasteiger partial charge in [-0.05, 0) is 27.9 Å². The number of rotatable bonds is 0. The van der Waals surface area contributed by atoms with Gasteiger partial charge in [0.1, 0.15) is 0 Å². The third-order valence-corrected chi connectivity index (χ3v) is 0. The molecule has 0 aliphatic carbocycles. The first kappa shape index (κ1) is 22.5. The zero-order chi connectivity index (χ0) is 8.12. The van der Waals surface area contributed by atoms with E-state index in [-0.39, 0.29) is 18.7 Å². The van der Waals surface area contributed by atoms with Crippen LogP contribution in [0.4, 0.5) is 0 Å². The van der Waals surface area contributed by atoms with Gasteiger partial charge in [0.15, 0.2) is 0 Å². The van der Waals surface area contributed by atoms with Gasteiger partial charge in [-0.1, -0.05) is 0 Å². The SMILES string of the molecule is CCO.CCO.CNC.O. The molecule has 0 radical (unpaired) electrons. The normalized spacial score (nSPS) is 5.40. The first-order valence-corrected chi connectivity index (χ1v) is 3.05. The minimum absolute atomic E-state index is 0. The lowest BCUT2D eigenvalue weighted by molar-refractivity contribution is 0.318. The van der Waals surface area contributed by atoms with Crippen LogP contribution in [0.1, 0.15) is 13.8 Å². The van der Waals surface area contributed by atoms with Crippen LogP contribution < -0.4 is 5.32 Å². The fraction of sp³-hybridized carbons (Fsp3) is 1.00. The van der Waals surface area contributed by atoms with Crippen molar-refractivity contribution in [2.24, 2.45) is 0 Å². The third-order valence-electron chi connectivity index (χ3n) is 0. The van der Waals surface area contributed by atoms with E-state index < -0.39 is 0 Å². The van der Waals surface area contributed by atoms with E-state index in [0.717, 1.165) is 0 Å². The summed E-state index contributed by atoms with van der Waals surface area (Å²) in [4.78, 5) is 0. The standard InChI is InChI=1S/C2H7N.2C2H6O.H2O/c1-3-2;2*1-2-3;/h3H,1-2H3;2*3H,2H2,1H3;1H2. The summed E-state index contributed by atoms with van der Waals surface area (Å²) >= 11 is 0. The topological polar surface area (TPSA) is 84.0 Å². The van der Waals surface area contributed by atoms with Gasteiger partial charge in [0.05, 0.1) is 0 Å². The van der Waals surface area contributed by atoms with E-state index in [1.807, 2.05) is 14.1 Å². The molecule has 0 spiro atoms. The Hall–Kier alpha value is -0.160. The van der Waals surface area contributed by atoms with Crippen molar-refractivity contribution in [2.75, 3.05) is 27.3 Å². The Bertz CT molecular complexity index is 17.7. The largest absolute Gasteiger partial charge is 0.412 e. The molecule has 0 amide bonds. The predicted octanol–water partition coefficient (Wildman–Crippen LogP) is -0.992. The van der Waals surface area contributed by atoms with Crippen molar-refractivity contribution in [3.8, 4) is 0 Å². The summed E-state index contributed by atoms with van der Waals surface area (Å²) in [5.41, 5.74) is 0. The number of aliphatic hydroxyl groups excluding tert-OH is 2. The van der Waals surface area contributed by atoms with E-state index >= 15 is 0 Å². The molecule has 0 heterocycles. The van der Waals surface area contributed by atoms with E-state index in [0.29, 0.717) is 0 Å². The molecule has 0 fully saturated rings. The molecule has 10 heavy (non-hydrogen) atoms. The van der Waals surface area contributed by atoms with Gasteiger partial charge < -0.3 is 21.0 Å². The van der Waals surface area contributed by atoms with Crippen LogP contribution in [0.15, 0.2) is 0 Å². The molecule has 0 aromatic heterocycles. The number of hydrogen-bond donors (Lipinski definition) is 3. The fourth-order valence-corrected chi connectivity index (χ4v) is 0. The van der Waals surface area contributed by atoms with Crippen molar-refractivity contribution >= 4 is 0 Å². The van der Waals surface area contributed by atoms with Crippen molar-refractivity contribution in [1.82, 2.24) is 5.32 Å². The Labute approximate surface area is 63.2 Å². The maximum absolute atomic E-state index is 7.57. The van der Waals surface area contributed by atoms with Crippen LogP contribution in [0.25, 0.3) is 0 Å². The van der Waals surface area contributed by atoms with Crippen molar-refractivity contribution in [1.29, 1.82) is 0 Å². The Morgan fingerprint density at radius 3 is 1.00 bits per heavy atom. The van der Waals surface area contributed by atoms with Gasteiger partial charge in [-0.15, -0.1) is 0 Å². The second-order valence-electron chi connectivity index (χ2n) is 1.13. The molecule has 68 valence electrons. The highest BCUT2D eigenvalue weighted by Crippen LogP contribution is 1.30. The van der Waals surface area contributed by atoms with Gasteiger partial charge >= 0.3 is 0 Å². The molecule has 0 aliphatic heterocycles. The van der Waals surface area contributed by atoms with Crippen molar-refractivity contribution < 1.29 is 15.7 Å². The van der Waals surface area contributed by atoms with E-state index in [9.17, 15) is 0 Å². The van der Waals surface area contributed by atoms with Crippen molar-refractivity contribution in [3.05, 3.63) is 0 Å². The van der Waals surface area contributed by atoms with E-state index in [1.165, 1.54) is 0 Å². The first-order chi connectivity index (χ1) is 4.24. The molecule has 0 saturated heterocycles. The summed E-state index contributed by atoms with van der Waals surface area (Å²) in [6, 6.07) is 0. The highest BCUT2D eigenvalue weighted by atomic mass is 16.3. The predicted molar refractivity (Wildman–Crippen MR) is 44.1 cm³/mol. The average Bonchev–Trinajstić information content (AvgIpc) is 1.70. The van der Waals surface area contributed by atoms with Gasteiger partial charge in [-0.2, -0.15) is 0 Å². The highest BCUT2D eigenvalue weighted by Gasteiger charge is 1.34. The van der Waals surface area contributed by atoms with E-state index in [1.54, 1.807) is 13.8 Å². The quantitative estimate of drug-likeness (QED) is 0.420. The Kier molecular flexibility index (Phi) is 152. The highest BCUT2D eigenvalue weighted by molar-refractivity contribution is 3.91. The maximum Gasteiger partial charge on any atom is 0.0402 e. The smallest absolute Gasteiger partial charge is 0.0402 e. The Morgan fingerprint density at radius 2 is 1.00 bits per heavy atom. The summed E-state index contributed by atoms with van der Waals surface area (Å²) in [6.07, 6.45) is 0. The minimum atomic E-state index is 0. The second-order valence-corrected chi connectivity index (χ2v) is 1.13. The third kappa shape index (κ3) is 14300. The molecule has 0 aromatic rings. The van der Waals surface area contributed by atoms with Gasteiger partial charge in [0.25, 0.3) is 0 Å². The van der Waals surface area contributed by atoms with Gasteiger partial charge in [0.2, 0.25) is 0 Å². The molecular formula is C6H21NO3. The molecule has 0 saturated carbocycles. The molecule has 0 atom stereocenters. The minimum Gasteiger partial charge on any atom is -0.412 e. The molecular weight excluding hydrogens is 134 g/mol. The van der Waals surface area contributed by atoms with E-state index in [4.69, 9.17) is 10.2 Å². The lowest BCUT2D eigenvalue weighted by Crippen LogP contribution is -1.89. The number of aliphatic hydroxyl groups is 2. The zero-order valence-electron chi connectivity index (χ0n) is 7.31. The molecule has 0 aromatic carbocycles. The monoisotopic (exact) mass is 155 g/mol. The van der Waals surface area contributed by atoms with Crippen LogP contribution in [0.2, 0.25) is 0 Å². The summed E-state index contributed by atoms with van der Waals surface area (Å²) < 4.78 is 0. The number of nitrogens with one attached hydrogen (secondary N) is 1. The maximum atomic E-state index is 7.57. The molecule has 0 unspecified atom stereocenters. The van der Waals surface area contributed by atoms with Gasteiger partial charge in [0, 0.05) is 13.2 Å². The molecule has 0 aliphatic rings. The molecule has 5 N–H and O–H groups in total. The zero-order valence-corrected chi connectivity index (χ0v) is 7.31. The summed E-state index contributed by atoms with van der Waals surface area (Å²) in [7, 11) is 3.75. The first-order valence-electron chi connectivity index (χ1n) is 3.05. The lowest BCUT2D eigenvalue weighted by Gasteiger charge is -1.59. The molecule has 0 bridgehead atoms. The van der Waals surface area contributed by atoms with Crippen molar-refractivity contribution in [2.45, 2.75) is 13.8 Å². The van der Waals surface area contributed by atoms with Crippen LogP contribution in [0.3, 0.4) is 0 Å². The molecule has 4 heteroatoms. The van der Waals surface area contributed by atoms with Gasteiger partial charge in [-0.3, -0.25) is 0 Å². The van der Waals surface area contributed by atoms with Crippen LogP contribution in [0, 0.1) is 0 Å². The Morgan fingerprint density at radius 1 is 1.00 bits per heavy atom. The Balaban J connectivity index is -0.0000000257. The van der Waals surface area contributed by atoms with E-state index in [2.05, 4.69) is 5.32 Å². The van der Waals surface area contributed by atoms with Crippen LogP contribution in [-0.2, 0) is 0 Å². The fourth-order valence-electron chi connectivity index (χ4n) is 0. The second kappa shape index (κ2) is 67.4. The summed E-state index contributed by atoms with van der Waals surface area (Å²) in [5.74, 6) is 0. The lowest BCUT2D eigenvalue weighted by atomic mass is 10.9. The van der Waals surface area contributed by atoms with Gasteiger partial charge in [-0.25, -0.2) is 0 Å². The van der Waals surface area contributed by atoms with Crippen LogP contribution in [-0.4, -0.2) is 43.0 Å². The summed E-state index contributed by atoms with van der Waals surface area (Å²) in [6.45, 7) is 3.86. The van der Waals surface area contributed by atoms with Crippen LogP contribution in [0.5, 0.6) is 0 Å². The average molecular weight is 155 g/mol. The molecule has 0 rings (SSSR count). The van der Waals surface area contributed by atoms with Crippen molar-refractivity contribution in [3.63, 3.8) is 0 Å².